The summed E-state index contributed by atoms with van der Waals surface area (Å²) in [5, 5.41) is 8.94. The number of carbonyl (C=O) groups is 1. The Bertz CT molecular complexity index is 582. The minimum Gasteiger partial charge on any atom is -0.497 e. The van der Waals surface area contributed by atoms with Crippen LogP contribution in [0.2, 0.25) is 0 Å². The number of carbonyl (C=O) groups excluding carboxylic acids is 1. The van der Waals surface area contributed by atoms with Crippen molar-refractivity contribution in [3.05, 3.63) is 34.6 Å². The van der Waals surface area contributed by atoms with Gasteiger partial charge in [-0.3, -0.25) is 9.89 Å². The van der Waals surface area contributed by atoms with Crippen LogP contribution in [-0.2, 0) is 0 Å². The van der Waals surface area contributed by atoms with E-state index in [-0.39, 0.29) is 11.6 Å². The molecule has 0 unspecified atom stereocenters. The van der Waals surface area contributed by atoms with E-state index in [9.17, 15) is 4.79 Å². The Morgan fingerprint density at radius 1 is 1.56 bits per heavy atom. The van der Waals surface area contributed by atoms with Crippen molar-refractivity contribution in [3.8, 4) is 5.75 Å². The monoisotopic (exact) mass is 310 g/mol. The summed E-state index contributed by atoms with van der Waals surface area (Å²) in [6.45, 7) is 0. The number of rotatable bonds is 3. The van der Waals surface area contributed by atoms with Crippen LogP contribution in [0.5, 0.6) is 5.75 Å². The Morgan fingerprint density at radius 3 is 2.94 bits per heavy atom. The first-order chi connectivity index (χ1) is 8.61. The molecule has 0 bridgehead atoms. The van der Waals surface area contributed by atoms with Crippen molar-refractivity contribution in [1.29, 1.82) is 0 Å². The fourth-order valence-corrected chi connectivity index (χ4v) is 1.74. The Hall–Kier alpha value is -2.02. The van der Waals surface area contributed by atoms with E-state index in [2.05, 4.69) is 31.4 Å². The molecule has 0 saturated carbocycles. The van der Waals surface area contributed by atoms with Crippen LogP contribution >= 0.6 is 15.9 Å². The second-order valence-electron chi connectivity index (χ2n) is 3.50. The number of nitrogen functional groups attached to an aromatic ring is 1. The lowest BCUT2D eigenvalue weighted by atomic mass is 10.3. The molecule has 0 aliphatic heterocycles. The molecule has 7 heteroatoms. The number of nitrogens with two attached hydrogens (primary N) is 1. The minimum absolute atomic E-state index is 0.227. The zero-order valence-corrected chi connectivity index (χ0v) is 11.1. The maximum absolute atomic E-state index is 11.9. The maximum atomic E-state index is 11.9. The number of benzene rings is 1. The zero-order chi connectivity index (χ0) is 13.1. The molecule has 0 atom stereocenters. The third-order valence-corrected chi connectivity index (χ3v) is 3.01. The summed E-state index contributed by atoms with van der Waals surface area (Å²) in [5.41, 5.74) is 6.71. The van der Waals surface area contributed by atoms with Gasteiger partial charge in [0.05, 0.1) is 24.7 Å². The Labute approximate surface area is 112 Å². The number of ether oxygens (including phenoxy) is 1. The molecule has 18 heavy (non-hydrogen) atoms. The fraction of sp³-hybridized carbons (Fsp3) is 0.0909. The lowest BCUT2D eigenvalue weighted by molar-refractivity contribution is 0.102. The third kappa shape index (κ3) is 2.45. The highest BCUT2D eigenvalue weighted by Crippen LogP contribution is 2.27. The Morgan fingerprint density at radius 2 is 2.33 bits per heavy atom. The van der Waals surface area contributed by atoms with Gasteiger partial charge in [0, 0.05) is 10.5 Å². The fourth-order valence-electron chi connectivity index (χ4n) is 1.39. The number of methoxy groups -OCH3 is 1. The van der Waals surface area contributed by atoms with E-state index in [1.807, 2.05) is 0 Å². The largest absolute Gasteiger partial charge is 0.497 e. The molecule has 0 saturated heterocycles. The predicted octanol–water partition coefficient (Wildman–Crippen LogP) is 2.02. The van der Waals surface area contributed by atoms with Crippen LogP contribution in [0, 0.1) is 0 Å². The van der Waals surface area contributed by atoms with Gasteiger partial charge in [-0.05, 0) is 28.1 Å². The van der Waals surface area contributed by atoms with Gasteiger partial charge in [0.15, 0.2) is 0 Å². The number of amides is 1. The van der Waals surface area contributed by atoms with Crippen LogP contribution in [0.1, 0.15) is 10.5 Å². The number of aromatic nitrogens is 2. The lowest BCUT2D eigenvalue weighted by Crippen LogP contribution is -2.14. The Kier molecular flexibility index (Phi) is 3.52. The molecule has 1 amide bonds. The van der Waals surface area contributed by atoms with Crippen molar-refractivity contribution in [2.75, 3.05) is 18.2 Å². The summed E-state index contributed by atoms with van der Waals surface area (Å²) in [6.07, 6.45) is 1.38. The van der Waals surface area contributed by atoms with Gasteiger partial charge in [0.1, 0.15) is 11.4 Å². The summed E-state index contributed by atoms with van der Waals surface area (Å²) >= 11 is 3.34. The van der Waals surface area contributed by atoms with E-state index in [0.717, 1.165) is 4.47 Å². The summed E-state index contributed by atoms with van der Waals surface area (Å²) in [4.78, 5) is 11.9. The van der Waals surface area contributed by atoms with Crippen molar-refractivity contribution in [2.24, 2.45) is 0 Å². The molecule has 2 aromatic rings. The highest BCUT2D eigenvalue weighted by molar-refractivity contribution is 9.10. The summed E-state index contributed by atoms with van der Waals surface area (Å²) in [5.74, 6) is 0.282. The number of hydrogen-bond donors (Lipinski definition) is 3. The quantitative estimate of drug-likeness (QED) is 0.808. The molecule has 94 valence electrons. The third-order valence-electron chi connectivity index (χ3n) is 2.32. The van der Waals surface area contributed by atoms with E-state index in [0.29, 0.717) is 17.1 Å². The molecule has 0 radical (unpaired) electrons. The first-order valence-corrected chi connectivity index (χ1v) is 5.85. The van der Waals surface area contributed by atoms with Gasteiger partial charge in [-0.2, -0.15) is 5.10 Å². The summed E-state index contributed by atoms with van der Waals surface area (Å²) in [7, 11) is 1.56. The van der Waals surface area contributed by atoms with E-state index < -0.39 is 0 Å². The molecule has 6 nitrogen and oxygen atoms in total. The van der Waals surface area contributed by atoms with Crippen molar-refractivity contribution in [2.45, 2.75) is 0 Å². The molecule has 1 aromatic carbocycles. The average molecular weight is 311 g/mol. The second-order valence-corrected chi connectivity index (χ2v) is 4.35. The molecule has 1 heterocycles. The van der Waals surface area contributed by atoms with E-state index in [1.54, 1.807) is 25.3 Å². The highest BCUT2D eigenvalue weighted by atomic mass is 79.9. The molecule has 0 aliphatic rings. The zero-order valence-electron chi connectivity index (χ0n) is 9.53. The van der Waals surface area contributed by atoms with E-state index in [1.165, 1.54) is 6.20 Å². The lowest BCUT2D eigenvalue weighted by Gasteiger charge is -2.08. The SMILES string of the molecule is COc1ccc(Br)c(NC(=O)c2[nH]ncc2N)c1. The number of halogens is 1. The molecule has 0 fully saturated rings. The van der Waals surface area contributed by atoms with E-state index in [4.69, 9.17) is 10.5 Å². The summed E-state index contributed by atoms with van der Waals surface area (Å²) in [6, 6.07) is 5.27. The van der Waals surface area contributed by atoms with Crippen LogP contribution in [0.25, 0.3) is 0 Å². The number of anilines is 2. The van der Waals surface area contributed by atoms with Gasteiger partial charge in [-0.25, -0.2) is 0 Å². The molecular formula is C11H11BrN4O2. The summed E-state index contributed by atoms with van der Waals surface area (Å²) < 4.78 is 5.83. The Balaban J connectivity index is 2.24. The van der Waals surface area contributed by atoms with Gasteiger partial charge in [-0.1, -0.05) is 0 Å². The molecule has 4 N–H and O–H groups in total. The van der Waals surface area contributed by atoms with Gasteiger partial charge < -0.3 is 15.8 Å². The predicted molar refractivity (Wildman–Crippen MR) is 71.6 cm³/mol. The number of nitrogens with zero attached hydrogens (tertiary/aromatic N) is 1. The van der Waals surface area contributed by atoms with Gasteiger partial charge in [-0.15, -0.1) is 0 Å². The molecule has 0 spiro atoms. The first kappa shape index (κ1) is 12.4. The molecular weight excluding hydrogens is 300 g/mol. The second kappa shape index (κ2) is 5.09. The molecule has 0 aliphatic carbocycles. The van der Waals surface area contributed by atoms with Crippen LogP contribution in [0.4, 0.5) is 11.4 Å². The number of aromatic amines is 1. The number of H-pyrrole nitrogens is 1. The van der Waals surface area contributed by atoms with Crippen molar-refractivity contribution in [1.82, 2.24) is 10.2 Å². The number of nitrogens with one attached hydrogen (secondary N) is 2. The van der Waals surface area contributed by atoms with Crippen molar-refractivity contribution < 1.29 is 9.53 Å². The first-order valence-electron chi connectivity index (χ1n) is 5.05. The standard InChI is InChI=1S/C11H11BrN4O2/c1-18-6-2-3-7(12)9(4-6)15-11(17)10-8(13)5-14-16-10/h2-5H,13H2,1H3,(H,14,16)(H,15,17). The van der Waals surface area contributed by atoms with Gasteiger partial charge >= 0.3 is 0 Å². The maximum Gasteiger partial charge on any atom is 0.275 e. The normalized spacial score (nSPS) is 10.1. The smallest absolute Gasteiger partial charge is 0.275 e. The minimum atomic E-state index is -0.362. The highest BCUT2D eigenvalue weighted by Gasteiger charge is 2.13. The van der Waals surface area contributed by atoms with Crippen LogP contribution in [0.15, 0.2) is 28.9 Å². The average Bonchev–Trinajstić information content (AvgIpc) is 2.78. The number of hydrogen-bond acceptors (Lipinski definition) is 4. The van der Waals surface area contributed by atoms with Gasteiger partial charge in [0.25, 0.3) is 5.91 Å². The van der Waals surface area contributed by atoms with Crippen LogP contribution in [-0.4, -0.2) is 23.2 Å². The molecule has 1 aromatic heterocycles. The van der Waals surface area contributed by atoms with Crippen molar-refractivity contribution in [3.63, 3.8) is 0 Å². The van der Waals surface area contributed by atoms with Crippen molar-refractivity contribution >= 4 is 33.2 Å². The van der Waals surface area contributed by atoms with Gasteiger partial charge in [0.2, 0.25) is 0 Å². The van der Waals surface area contributed by atoms with E-state index >= 15 is 0 Å². The molecule has 2 rings (SSSR count). The van der Waals surface area contributed by atoms with Crippen LogP contribution in [0.3, 0.4) is 0 Å². The topological polar surface area (TPSA) is 93.0 Å². The van der Waals surface area contributed by atoms with Crippen LogP contribution < -0.4 is 15.8 Å².